The molecule has 2 aromatic carbocycles. The summed E-state index contributed by atoms with van der Waals surface area (Å²) in [5, 5.41) is 14.0. The number of halogens is 4. The van der Waals surface area contributed by atoms with E-state index in [2.05, 4.69) is 22.1 Å². The summed E-state index contributed by atoms with van der Waals surface area (Å²) in [5.41, 5.74) is 5.86. The van der Waals surface area contributed by atoms with Crippen molar-refractivity contribution in [2.24, 2.45) is 0 Å². The van der Waals surface area contributed by atoms with Gasteiger partial charge in [0.1, 0.15) is 41.0 Å². The molecule has 0 radical (unpaired) electrons. The highest BCUT2D eigenvalue weighted by molar-refractivity contribution is 7.23. The third kappa shape index (κ3) is 4.55. The van der Waals surface area contributed by atoms with Crippen LogP contribution < -0.4 is 20.7 Å². The van der Waals surface area contributed by atoms with Gasteiger partial charge in [0, 0.05) is 48.4 Å². The molecule has 4 atom stereocenters. The summed E-state index contributed by atoms with van der Waals surface area (Å²) in [6, 6.07) is 6.45. The Morgan fingerprint density at radius 2 is 2.16 bits per heavy atom. The maximum atomic E-state index is 16.8. The van der Waals surface area contributed by atoms with Crippen LogP contribution in [0.25, 0.3) is 32.1 Å². The van der Waals surface area contributed by atoms with Gasteiger partial charge in [-0.1, -0.05) is 17.7 Å². The minimum Gasteiger partial charge on any atom is -0.461 e. The maximum absolute atomic E-state index is 16.8. The molecule has 0 unspecified atom stereocenters. The summed E-state index contributed by atoms with van der Waals surface area (Å²) < 4.78 is 52.4. The molecule has 3 fully saturated rings. The Balaban J connectivity index is 1.40. The smallest absolute Gasteiger partial charge is 0.319 e. The standard InChI is InChI=1S/C31H31ClF3N7OS/c1-15-22(6-8-38-15)41(2)29-18-10-20(32)24(17-4-5-21(34)27-23(17)19(12-36)28(37)44-27)25(35)26(18)39-30(40-29)43-14-31-7-3-9-42(31)13-16(33)11-31/h4-5,10,15-16,22,38H,3,6-9,11,13-14,37H2,1-2H3/t15-,16-,22-,31+/m1/s1. The van der Waals surface area contributed by atoms with E-state index in [-0.39, 0.29) is 67.0 Å². The average molecular weight is 642 g/mol. The van der Waals surface area contributed by atoms with Crippen molar-refractivity contribution in [3.63, 3.8) is 0 Å². The lowest BCUT2D eigenvalue weighted by Crippen LogP contribution is -2.43. The van der Waals surface area contributed by atoms with Crippen LogP contribution in [0.3, 0.4) is 0 Å². The van der Waals surface area contributed by atoms with Crippen molar-refractivity contribution < 1.29 is 17.9 Å². The van der Waals surface area contributed by atoms with Gasteiger partial charge in [-0.15, -0.1) is 11.3 Å². The topological polar surface area (TPSA) is 103 Å². The third-order valence-electron chi connectivity index (χ3n) is 9.59. The fourth-order valence-corrected chi connectivity index (χ4v) is 8.67. The number of nitrogens with two attached hydrogens (primary N) is 1. The highest BCUT2D eigenvalue weighted by atomic mass is 35.5. The number of aromatic nitrogens is 2. The molecule has 44 heavy (non-hydrogen) atoms. The molecule has 0 aliphatic carbocycles. The average Bonchev–Trinajstić information content (AvgIpc) is 3.74. The van der Waals surface area contributed by atoms with Crippen LogP contribution in [0.5, 0.6) is 6.01 Å². The monoisotopic (exact) mass is 641 g/mol. The molecule has 7 rings (SSSR count). The fraction of sp³-hybridized carbons (Fsp3) is 0.452. The highest BCUT2D eigenvalue weighted by Gasteiger charge is 2.49. The second-order valence-corrected chi connectivity index (χ2v) is 13.6. The number of nitrogens with one attached hydrogen (secondary N) is 1. The van der Waals surface area contributed by atoms with Crippen LogP contribution in [-0.2, 0) is 0 Å². The van der Waals surface area contributed by atoms with Crippen LogP contribution in [-0.4, -0.2) is 72.0 Å². The Kier molecular flexibility index (Phi) is 7.28. The van der Waals surface area contributed by atoms with E-state index in [0.29, 0.717) is 24.2 Å². The van der Waals surface area contributed by atoms with Crippen molar-refractivity contribution in [1.82, 2.24) is 20.2 Å². The van der Waals surface area contributed by atoms with Crippen LogP contribution in [0, 0.1) is 23.0 Å². The van der Waals surface area contributed by atoms with Crippen molar-refractivity contribution in [1.29, 1.82) is 5.26 Å². The highest BCUT2D eigenvalue weighted by Crippen LogP contribution is 2.46. The zero-order valence-electron chi connectivity index (χ0n) is 24.3. The van der Waals surface area contributed by atoms with Gasteiger partial charge in [-0.25, -0.2) is 13.2 Å². The van der Waals surface area contributed by atoms with Gasteiger partial charge in [0.2, 0.25) is 0 Å². The molecule has 0 bridgehead atoms. The lowest BCUT2D eigenvalue weighted by molar-refractivity contribution is 0.107. The summed E-state index contributed by atoms with van der Waals surface area (Å²) >= 11 is 7.74. The minimum atomic E-state index is -0.923. The van der Waals surface area contributed by atoms with E-state index in [1.807, 2.05) is 18.0 Å². The van der Waals surface area contributed by atoms with Crippen LogP contribution in [0.15, 0.2) is 18.2 Å². The van der Waals surface area contributed by atoms with Gasteiger partial charge in [0.15, 0.2) is 5.82 Å². The number of fused-ring (bicyclic) bond motifs is 3. The first-order valence-electron chi connectivity index (χ1n) is 14.7. The molecule has 3 aliphatic heterocycles. The van der Waals surface area contributed by atoms with Gasteiger partial charge < -0.3 is 20.7 Å². The molecule has 0 amide bonds. The Morgan fingerprint density at radius 1 is 1.34 bits per heavy atom. The second-order valence-electron chi connectivity index (χ2n) is 12.1. The number of nitriles is 1. The number of hydrogen-bond acceptors (Lipinski definition) is 9. The van der Waals surface area contributed by atoms with Crippen molar-refractivity contribution in [2.45, 2.75) is 56.4 Å². The number of benzene rings is 2. The molecule has 8 nitrogen and oxygen atoms in total. The number of ether oxygens (including phenoxy) is 1. The molecule has 13 heteroatoms. The van der Waals surface area contributed by atoms with E-state index in [4.69, 9.17) is 27.1 Å². The van der Waals surface area contributed by atoms with Gasteiger partial charge in [-0.2, -0.15) is 15.2 Å². The second kappa shape index (κ2) is 10.9. The number of likely N-dealkylation sites (N-methyl/N-ethyl adjacent to an activating group) is 1. The summed E-state index contributed by atoms with van der Waals surface area (Å²) in [4.78, 5) is 13.4. The van der Waals surface area contributed by atoms with Gasteiger partial charge in [0.25, 0.3) is 0 Å². The lowest BCUT2D eigenvalue weighted by atomic mass is 9.95. The first-order valence-corrected chi connectivity index (χ1v) is 15.9. The zero-order chi connectivity index (χ0) is 30.9. The Labute approximate surface area is 261 Å². The molecular formula is C31H31ClF3N7OS. The summed E-state index contributed by atoms with van der Waals surface area (Å²) in [6.45, 7) is 4.28. The maximum Gasteiger partial charge on any atom is 0.319 e. The first-order chi connectivity index (χ1) is 21.1. The number of rotatable bonds is 6. The minimum absolute atomic E-state index is 0.0181. The van der Waals surface area contributed by atoms with Crippen molar-refractivity contribution >= 4 is 54.7 Å². The number of hydrogen-bond donors (Lipinski definition) is 2. The van der Waals surface area contributed by atoms with Crippen LogP contribution >= 0.6 is 22.9 Å². The zero-order valence-corrected chi connectivity index (χ0v) is 25.8. The quantitative estimate of drug-likeness (QED) is 0.263. The van der Waals surface area contributed by atoms with E-state index in [9.17, 15) is 14.0 Å². The van der Waals surface area contributed by atoms with Gasteiger partial charge in [0.05, 0.1) is 20.8 Å². The summed E-state index contributed by atoms with van der Waals surface area (Å²) in [6.07, 6.45) is 2.06. The number of nitrogen functional groups attached to an aromatic ring is 1. The molecule has 3 saturated heterocycles. The van der Waals surface area contributed by atoms with E-state index in [1.165, 1.54) is 12.1 Å². The normalized spacial score (nSPS) is 25.2. The predicted octanol–water partition coefficient (Wildman–Crippen LogP) is 6.04. The van der Waals surface area contributed by atoms with E-state index < -0.39 is 23.3 Å². The fourth-order valence-electron chi connectivity index (χ4n) is 7.43. The molecule has 2 aromatic heterocycles. The Morgan fingerprint density at radius 3 is 2.91 bits per heavy atom. The Bertz CT molecular complexity index is 1850. The van der Waals surface area contributed by atoms with Crippen molar-refractivity contribution in [2.75, 3.05) is 43.9 Å². The molecule has 3 aliphatic rings. The summed E-state index contributed by atoms with van der Waals surface area (Å²) in [5.74, 6) is -0.864. The first kappa shape index (κ1) is 29.3. The number of thiophene rings is 1. The van der Waals surface area contributed by atoms with E-state index in [1.54, 1.807) is 6.07 Å². The number of anilines is 2. The van der Waals surface area contributed by atoms with Crippen molar-refractivity contribution in [3.8, 4) is 23.2 Å². The molecule has 4 aromatic rings. The van der Waals surface area contributed by atoms with Crippen LogP contribution in [0.4, 0.5) is 24.0 Å². The van der Waals surface area contributed by atoms with E-state index in [0.717, 1.165) is 43.7 Å². The van der Waals surface area contributed by atoms with Gasteiger partial charge in [-0.05, 0) is 57.0 Å². The number of nitrogens with zero attached hydrogens (tertiary/aromatic N) is 5. The van der Waals surface area contributed by atoms with Crippen molar-refractivity contribution in [3.05, 3.63) is 40.4 Å². The third-order valence-corrected chi connectivity index (χ3v) is 10.9. The van der Waals surface area contributed by atoms with Crippen LogP contribution in [0.2, 0.25) is 5.02 Å². The molecule has 0 spiro atoms. The number of alkyl halides is 1. The summed E-state index contributed by atoms with van der Waals surface area (Å²) in [7, 11) is 1.90. The van der Waals surface area contributed by atoms with E-state index >= 15 is 4.39 Å². The molecule has 3 N–H and O–H groups in total. The Hall–Kier alpha value is -3.37. The largest absolute Gasteiger partial charge is 0.461 e. The molecule has 230 valence electrons. The van der Waals surface area contributed by atoms with Gasteiger partial charge >= 0.3 is 6.01 Å². The SMILES string of the molecule is C[C@H]1NCC[C@H]1N(C)c1nc(OC[C@@]23CCCN2C[C@H](F)C3)nc2c(F)c(-c3ccc(F)c4sc(N)c(C#N)c34)c(Cl)cc12. The molecule has 0 saturated carbocycles. The van der Waals surface area contributed by atoms with Crippen LogP contribution in [0.1, 0.15) is 38.2 Å². The lowest BCUT2D eigenvalue weighted by Gasteiger charge is -2.32. The predicted molar refractivity (Wildman–Crippen MR) is 167 cm³/mol. The molecular weight excluding hydrogens is 611 g/mol. The van der Waals surface area contributed by atoms with Gasteiger partial charge in [-0.3, -0.25) is 4.90 Å². The molecule has 5 heterocycles.